The van der Waals surface area contributed by atoms with Gasteiger partial charge in [0.05, 0.1) is 5.39 Å². The number of phenols is 1. The Balaban J connectivity index is 1.79. The normalized spacial score (nSPS) is 14.8. The summed E-state index contributed by atoms with van der Waals surface area (Å²) < 4.78 is 24.5. The Hall–Kier alpha value is -3.71. The summed E-state index contributed by atoms with van der Waals surface area (Å²) >= 11 is 0. The van der Waals surface area contributed by atoms with Crippen molar-refractivity contribution in [3.05, 3.63) is 72.0 Å². The fourth-order valence-electron chi connectivity index (χ4n) is 4.29. The molecule has 4 rings (SSSR count). The Morgan fingerprint density at radius 1 is 1.03 bits per heavy atom. The van der Waals surface area contributed by atoms with Crippen molar-refractivity contribution in [3.8, 4) is 23.0 Å². The molecule has 1 aliphatic heterocycles. The lowest BCUT2D eigenvalue weighted by atomic mass is 10.1. The van der Waals surface area contributed by atoms with Crippen LogP contribution >= 0.6 is 0 Å². The van der Waals surface area contributed by atoms with Crippen molar-refractivity contribution in [1.29, 1.82) is 0 Å². The number of phenolic OH excluding ortho intramolecular Hbond substituents is 1. The molecule has 0 atom stereocenters. The second-order valence-electron chi connectivity index (χ2n) is 10.6. The van der Waals surface area contributed by atoms with Crippen molar-refractivity contribution in [2.75, 3.05) is 26.2 Å². The molecule has 3 aromatic rings. The molecule has 7 heteroatoms. The van der Waals surface area contributed by atoms with E-state index in [0.717, 1.165) is 19.6 Å². The molecule has 1 aromatic heterocycles. The molecule has 1 fully saturated rings. The number of ether oxygens (including phenoxy) is 3. The van der Waals surface area contributed by atoms with Crippen LogP contribution in [0.4, 0.5) is 0 Å². The van der Waals surface area contributed by atoms with E-state index in [2.05, 4.69) is 24.1 Å². The number of nitrogens with zero attached hydrogens (tertiary/aromatic N) is 1. The second-order valence-corrected chi connectivity index (χ2v) is 10.6. The van der Waals surface area contributed by atoms with Gasteiger partial charge in [-0.3, -0.25) is 9.69 Å². The van der Waals surface area contributed by atoms with Crippen LogP contribution in [-0.4, -0.2) is 47.4 Å². The number of hydrogen-bond acceptors (Lipinski definition) is 7. The lowest BCUT2D eigenvalue weighted by molar-refractivity contribution is 0.154. The highest BCUT2D eigenvalue weighted by atomic mass is 16.5. The van der Waals surface area contributed by atoms with Crippen LogP contribution in [0.1, 0.15) is 40.5 Å². The number of hydrogen-bond donors (Lipinski definition) is 1. The molecule has 2 aromatic carbocycles. The second kappa shape index (κ2) is 11.0. The maximum Gasteiger partial charge on any atom is 0.205 e. The van der Waals surface area contributed by atoms with Gasteiger partial charge in [-0.25, -0.2) is 0 Å². The van der Waals surface area contributed by atoms with Crippen molar-refractivity contribution in [1.82, 2.24) is 4.90 Å². The Labute approximate surface area is 223 Å². The molecule has 1 N–H and O–H groups in total. The molecule has 0 radical (unpaired) electrons. The fraction of sp³-hybridized carbons (Fsp3) is 0.387. The molecule has 1 aliphatic rings. The molecular weight excluding hydrogens is 482 g/mol. The third-order valence-electron chi connectivity index (χ3n) is 6.60. The molecule has 7 nitrogen and oxygen atoms in total. The average Bonchev–Trinajstić information content (AvgIpc) is 3.38. The van der Waals surface area contributed by atoms with Crippen LogP contribution in [-0.2, 0) is 0 Å². The topological polar surface area (TPSA) is 81.4 Å². The van der Waals surface area contributed by atoms with E-state index in [-0.39, 0.29) is 39.7 Å². The van der Waals surface area contributed by atoms with Crippen molar-refractivity contribution < 1.29 is 23.7 Å². The number of likely N-dealkylation sites (tertiary alicyclic amines) is 1. The van der Waals surface area contributed by atoms with Gasteiger partial charge < -0.3 is 23.7 Å². The van der Waals surface area contributed by atoms with Gasteiger partial charge in [-0.1, -0.05) is 25.3 Å². The maximum atomic E-state index is 13.5. The largest absolute Gasteiger partial charge is 0.507 e. The number of benzene rings is 2. The van der Waals surface area contributed by atoms with Crippen LogP contribution in [0.15, 0.2) is 70.9 Å². The number of rotatable bonds is 11. The molecule has 0 aliphatic carbocycles. The Morgan fingerprint density at radius 2 is 1.71 bits per heavy atom. The molecule has 0 unspecified atom stereocenters. The van der Waals surface area contributed by atoms with Gasteiger partial charge in [0.15, 0.2) is 11.3 Å². The van der Waals surface area contributed by atoms with Crippen LogP contribution < -0.4 is 19.6 Å². The smallest absolute Gasteiger partial charge is 0.205 e. The van der Waals surface area contributed by atoms with Gasteiger partial charge in [-0.05, 0) is 77.9 Å². The van der Waals surface area contributed by atoms with E-state index in [1.807, 2.05) is 33.8 Å². The summed E-state index contributed by atoms with van der Waals surface area (Å²) in [7, 11) is 0. The first kappa shape index (κ1) is 27.3. The van der Waals surface area contributed by atoms with E-state index in [1.165, 1.54) is 18.9 Å². The van der Waals surface area contributed by atoms with E-state index in [9.17, 15) is 9.90 Å². The average molecular weight is 520 g/mol. The van der Waals surface area contributed by atoms with Gasteiger partial charge in [0.25, 0.3) is 0 Å². The maximum absolute atomic E-state index is 13.5. The third kappa shape index (κ3) is 6.05. The lowest BCUT2D eigenvalue weighted by Crippen LogP contribution is -2.25. The summed E-state index contributed by atoms with van der Waals surface area (Å²) in [6.07, 6.45) is 9.85. The van der Waals surface area contributed by atoms with Crippen molar-refractivity contribution in [3.63, 3.8) is 0 Å². The van der Waals surface area contributed by atoms with Crippen LogP contribution in [0.3, 0.4) is 0 Å². The monoisotopic (exact) mass is 519 g/mol. The first-order valence-corrected chi connectivity index (χ1v) is 13.0. The molecule has 0 spiro atoms. The molecule has 2 heterocycles. The van der Waals surface area contributed by atoms with Gasteiger partial charge >= 0.3 is 0 Å². The highest BCUT2D eigenvalue weighted by molar-refractivity contribution is 5.96. The van der Waals surface area contributed by atoms with Gasteiger partial charge in [-0.15, -0.1) is 0 Å². The molecular formula is C31H37NO6. The number of fused-ring (bicyclic) bond motifs is 2. The molecule has 0 amide bonds. The predicted octanol–water partition coefficient (Wildman–Crippen LogP) is 6.37. The van der Waals surface area contributed by atoms with Gasteiger partial charge in [0, 0.05) is 18.7 Å². The van der Waals surface area contributed by atoms with Crippen molar-refractivity contribution in [2.45, 2.75) is 51.7 Å². The Bertz CT molecular complexity index is 1430. The Morgan fingerprint density at radius 3 is 2.39 bits per heavy atom. The predicted molar refractivity (Wildman–Crippen MR) is 152 cm³/mol. The van der Waals surface area contributed by atoms with Gasteiger partial charge in [0.2, 0.25) is 11.2 Å². The van der Waals surface area contributed by atoms with Crippen LogP contribution in [0.5, 0.6) is 23.0 Å². The summed E-state index contributed by atoms with van der Waals surface area (Å²) in [5.41, 5.74) is -1.36. The zero-order valence-electron chi connectivity index (χ0n) is 22.7. The zero-order chi connectivity index (χ0) is 27.5. The van der Waals surface area contributed by atoms with Gasteiger partial charge in [-0.2, -0.15) is 0 Å². The molecule has 1 saturated heterocycles. The standard InChI is InChI=1S/C31H37NO6/c1-7-30(3,4)37-21-19-23(33)26-25(20-21)36-28-22(27(26)34)13-14-24(38-31(5,6)8-2)29(28)35-18-12-11-17-32-15-9-10-16-32/h7-8,11-14,19-20,33H,1-2,9-10,15-18H2,3-6H3/b12-11+. The fourth-order valence-corrected chi connectivity index (χ4v) is 4.29. The number of aromatic hydroxyl groups is 1. The van der Waals surface area contributed by atoms with Crippen molar-refractivity contribution in [2.24, 2.45) is 0 Å². The van der Waals surface area contributed by atoms with E-state index >= 15 is 0 Å². The van der Waals surface area contributed by atoms with E-state index in [1.54, 1.807) is 30.4 Å². The highest BCUT2D eigenvalue weighted by Crippen LogP contribution is 2.40. The van der Waals surface area contributed by atoms with Crippen molar-refractivity contribution >= 4 is 21.9 Å². The zero-order valence-corrected chi connectivity index (χ0v) is 22.7. The van der Waals surface area contributed by atoms with Crippen LogP contribution in [0.25, 0.3) is 21.9 Å². The SMILES string of the molecule is C=CC(C)(C)Oc1cc(O)c2c(=O)c3ccc(OC(C)(C)C=C)c(OC/C=C/CN4CCCC4)c3oc2c1. The summed E-state index contributed by atoms with van der Waals surface area (Å²) in [6.45, 7) is 18.4. The summed E-state index contributed by atoms with van der Waals surface area (Å²) in [5, 5.41) is 11.1. The summed E-state index contributed by atoms with van der Waals surface area (Å²) in [5.74, 6) is 0.838. The van der Waals surface area contributed by atoms with E-state index in [0.29, 0.717) is 17.2 Å². The molecule has 0 saturated carbocycles. The van der Waals surface area contributed by atoms with Crippen LogP contribution in [0.2, 0.25) is 0 Å². The minimum absolute atomic E-state index is 0.0674. The third-order valence-corrected chi connectivity index (χ3v) is 6.60. The lowest BCUT2D eigenvalue weighted by Gasteiger charge is -2.24. The van der Waals surface area contributed by atoms with E-state index in [4.69, 9.17) is 18.6 Å². The molecule has 0 bridgehead atoms. The highest BCUT2D eigenvalue weighted by Gasteiger charge is 2.24. The first-order chi connectivity index (χ1) is 18.0. The minimum atomic E-state index is -0.690. The minimum Gasteiger partial charge on any atom is -0.507 e. The molecule has 38 heavy (non-hydrogen) atoms. The van der Waals surface area contributed by atoms with E-state index < -0.39 is 11.2 Å². The van der Waals surface area contributed by atoms with Gasteiger partial charge in [0.1, 0.15) is 40.3 Å². The first-order valence-electron chi connectivity index (χ1n) is 13.0. The Kier molecular flexibility index (Phi) is 7.88. The molecule has 202 valence electrons. The summed E-state index contributed by atoms with van der Waals surface area (Å²) in [4.78, 5) is 15.9. The van der Waals surface area contributed by atoms with Crippen LogP contribution in [0, 0.1) is 0 Å². The quantitative estimate of drug-likeness (QED) is 0.233. The summed E-state index contributed by atoms with van der Waals surface area (Å²) in [6, 6.07) is 6.29.